The molecule has 0 unspecified atom stereocenters. The first kappa shape index (κ1) is 26.6. The number of carbonyl (C=O) groups is 2. The van der Waals surface area contributed by atoms with Gasteiger partial charge in [-0.2, -0.15) is 0 Å². The molecule has 184 valence electrons. The first-order valence-corrected chi connectivity index (χ1v) is 11.3. The summed E-state index contributed by atoms with van der Waals surface area (Å²) in [6.45, 7) is 7.64. The number of ether oxygens (including phenoxy) is 2. The smallest absolute Gasteiger partial charge is 0.311 e. The van der Waals surface area contributed by atoms with Crippen LogP contribution in [0.2, 0.25) is 0 Å². The topological polar surface area (TPSA) is 111 Å². The van der Waals surface area contributed by atoms with Gasteiger partial charge in [-0.05, 0) is 38.3 Å². The zero-order valence-electron chi connectivity index (χ0n) is 20.4. The minimum absolute atomic E-state index is 0.0127. The number of nitro groups is 1. The van der Waals surface area contributed by atoms with Crippen LogP contribution in [-0.4, -0.2) is 47.4 Å². The lowest BCUT2D eigenvalue weighted by atomic mass is 10.1. The van der Waals surface area contributed by atoms with Crippen molar-refractivity contribution in [3.8, 4) is 11.5 Å². The van der Waals surface area contributed by atoms with Crippen molar-refractivity contribution < 1.29 is 24.0 Å². The fourth-order valence-electron chi connectivity index (χ4n) is 3.49. The molecule has 0 saturated heterocycles. The minimum atomic E-state index is -0.669. The van der Waals surface area contributed by atoms with Crippen LogP contribution in [0.5, 0.6) is 11.5 Å². The Hall–Kier alpha value is -3.62. The molecule has 2 aromatic rings. The number of amides is 2. The van der Waals surface area contributed by atoms with E-state index in [1.54, 1.807) is 0 Å². The Labute approximate surface area is 200 Å². The second-order valence-electron chi connectivity index (χ2n) is 8.13. The molecular formula is C25H33N3O6. The fraction of sp³-hybridized carbons (Fsp3) is 0.440. The molecule has 9 nitrogen and oxygen atoms in total. The molecular weight excluding hydrogens is 438 g/mol. The molecule has 0 radical (unpaired) electrons. The van der Waals surface area contributed by atoms with Crippen molar-refractivity contribution in [3.63, 3.8) is 0 Å². The van der Waals surface area contributed by atoms with E-state index in [0.29, 0.717) is 6.42 Å². The van der Waals surface area contributed by atoms with Crippen LogP contribution >= 0.6 is 0 Å². The van der Waals surface area contributed by atoms with Gasteiger partial charge in [0.05, 0.1) is 12.0 Å². The number of nitrogens with zero attached hydrogens (tertiary/aromatic N) is 2. The maximum atomic E-state index is 13.3. The quantitative estimate of drug-likeness (QED) is 0.370. The molecule has 1 N–H and O–H groups in total. The van der Waals surface area contributed by atoms with Gasteiger partial charge in [0.25, 0.3) is 5.91 Å². The summed E-state index contributed by atoms with van der Waals surface area (Å²) in [4.78, 5) is 38.3. The van der Waals surface area contributed by atoms with Crippen LogP contribution in [0.1, 0.15) is 44.7 Å². The van der Waals surface area contributed by atoms with Gasteiger partial charge in [-0.25, -0.2) is 0 Å². The van der Waals surface area contributed by atoms with E-state index in [1.165, 1.54) is 30.2 Å². The predicted octanol–water partition coefficient (Wildman–Crippen LogP) is 4.01. The number of benzene rings is 2. The minimum Gasteiger partial charge on any atom is -0.490 e. The molecule has 0 spiro atoms. The molecule has 0 aliphatic rings. The molecule has 9 heteroatoms. The largest absolute Gasteiger partial charge is 0.490 e. The van der Waals surface area contributed by atoms with E-state index in [0.717, 1.165) is 17.5 Å². The van der Waals surface area contributed by atoms with E-state index in [2.05, 4.69) is 5.32 Å². The van der Waals surface area contributed by atoms with Crippen molar-refractivity contribution in [1.29, 1.82) is 0 Å². The summed E-state index contributed by atoms with van der Waals surface area (Å²) in [5.74, 6) is -0.297. The highest BCUT2D eigenvalue weighted by molar-refractivity contribution is 5.88. The van der Waals surface area contributed by atoms with Crippen LogP contribution in [-0.2, 0) is 16.1 Å². The van der Waals surface area contributed by atoms with Gasteiger partial charge < -0.3 is 19.7 Å². The summed E-state index contributed by atoms with van der Waals surface area (Å²) in [5.41, 5.74) is 1.76. The van der Waals surface area contributed by atoms with Crippen molar-refractivity contribution >= 4 is 17.5 Å². The normalized spacial score (nSPS) is 12.4. The molecule has 0 aliphatic carbocycles. The number of hydrogen-bond donors (Lipinski definition) is 1. The van der Waals surface area contributed by atoms with Crippen LogP contribution in [0, 0.1) is 17.0 Å². The monoisotopic (exact) mass is 471 g/mol. The number of nitro benzene ring substituents is 1. The number of aryl methyl sites for hydroxylation is 1. The zero-order valence-corrected chi connectivity index (χ0v) is 20.4. The Balaban J connectivity index is 2.25. The number of rotatable bonds is 12. The van der Waals surface area contributed by atoms with Gasteiger partial charge in [-0.3, -0.25) is 19.7 Å². The SMILES string of the molecule is CC[C@H](C)NC(=O)[C@H](CC)N(Cc1cccc(C)c1)C(=O)COc1ccc([N+](=O)[O-])c(OC)c1. The van der Waals surface area contributed by atoms with Gasteiger partial charge in [0.2, 0.25) is 11.7 Å². The number of methoxy groups -OCH3 is 1. The van der Waals surface area contributed by atoms with Crippen LogP contribution < -0.4 is 14.8 Å². The van der Waals surface area contributed by atoms with Crippen LogP contribution in [0.3, 0.4) is 0 Å². The molecule has 2 aromatic carbocycles. The Morgan fingerprint density at radius 3 is 2.47 bits per heavy atom. The van der Waals surface area contributed by atoms with E-state index < -0.39 is 11.0 Å². The number of carbonyl (C=O) groups excluding carboxylic acids is 2. The van der Waals surface area contributed by atoms with Crippen LogP contribution in [0.15, 0.2) is 42.5 Å². The molecule has 0 bridgehead atoms. The van der Waals surface area contributed by atoms with Crippen LogP contribution in [0.4, 0.5) is 5.69 Å². The fourth-order valence-corrected chi connectivity index (χ4v) is 3.49. The van der Waals surface area contributed by atoms with E-state index in [-0.39, 0.29) is 48.2 Å². The highest BCUT2D eigenvalue weighted by Crippen LogP contribution is 2.30. The van der Waals surface area contributed by atoms with Crippen molar-refractivity contribution in [2.75, 3.05) is 13.7 Å². The molecule has 2 amide bonds. The Bertz CT molecular complexity index is 1010. The van der Waals surface area contributed by atoms with E-state index in [9.17, 15) is 19.7 Å². The third-order valence-electron chi connectivity index (χ3n) is 5.53. The second kappa shape index (κ2) is 12.6. The molecule has 2 atom stereocenters. The van der Waals surface area contributed by atoms with Gasteiger partial charge in [0.1, 0.15) is 11.8 Å². The first-order chi connectivity index (χ1) is 16.2. The maximum Gasteiger partial charge on any atom is 0.311 e. The third kappa shape index (κ3) is 7.19. The van der Waals surface area contributed by atoms with Gasteiger partial charge in [0.15, 0.2) is 6.61 Å². The average Bonchev–Trinajstić information content (AvgIpc) is 2.81. The summed E-state index contributed by atoms with van der Waals surface area (Å²) >= 11 is 0. The Kier molecular flexibility index (Phi) is 9.85. The molecule has 34 heavy (non-hydrogen) atoms. The molecule has 2 rings (SSSR count). The highest BCUT2D eigenvalue weighted by Gasteiger charge is 2.29. The van der Waals surface area contributed by atoms with Gasteiger partial charge in [-0.15, -0.1) is 0 Å². The van der Waals surface area contributed by atoms with E-state index >= 15 is 0 Å². The molecule has 0 aliphatic heterocycles. The van der Waals surface area contributed by atoms with Crippen molar-refractivity contribution in [1.82, 2.24) is 10.2 Å². The van der Waals surface area contributed by atoms with E-state index in [4.69, 9.17) is 9.47 Å². The molecule has 0 saturated carbocycles. The summed E-state index contributed by atoms with van der Waals surface area (Å²) in [6.07, 6.45) is 1.21. The van der Waals surface area contributed by atoms with Crippen molar-refractivity contribution in [2.45, 2.75) is 59.2 Å². The van der Waals surface area contributed by atoms with Gasteiger partial charge in [0, 0.05) is 24.7 Å². The van der Waals surface area contributed by atoms with Gasteiger partial charge in [-0.1, -0.05) is 43.7 Å². The Morgan fingerprint density at radius 1 is 1.15 bits per heavy atom. The molecule has 0 fully saturated rings. The van der Waals surface area contributed by atoms with E-state index in [1.807, 2.05) is 52.0 Å². The lowest BCUT2D eigenvalue weighted by molar-refractivity contribution is -0.385. The summed E-state index contributed by atoms with van der Waals surface area (Å²) in [6, 6.07) is 11.1. The summed E-state index contributed by atoms with van der Waals surface area (Å²) in [7, 11) is 1.32. The Morgan fingerprint density at radius 2 is 1.88 bits per heavy atom. The number of nitrogens with one attached hydrogen (secondary N) is 1. The third-order valence-corrected chi connectivity index (χ3v) is 5.53. The lowest BCUT2D eigenvalue weighted by Crippen LogP contribution is -2.51. The molecule has 0 aromatic heterocycles. The zero-order chi connectivity index (χ0) is 25.3. The standard InChI is InChI=1S/C25H33N3O6/c1-6-18(4)26-25(30)21(7-2)27(15-19-10-8-9-17(3)13-19)24(29)16-34-20-11-12-22(28(31)32)23(14-20)33-5/h8-14,18,21H,6-7,15-16H2,1-5H3,(H,26,30)/t18-,21-/m0/s1. The summed E-state index contributed by atoms with van der Waals surface area (Å²) in [5, 5.41) is 14.1. The van der Waals surface area contributed by atoms with Crippen molar-refractivity contribution in [3.05, 3.63) is 63.7 Å². The van der Waals surface area contributed by atoms with Crippen molar-refractivity contribution in [2.24, 2.45) is 0 Å². The van der Waals surface area contributed by atoms with Crippen LogP contribution in [0.25, 0.3) is 0 Å². The number of hydrogen-bond acceptors (Lipinski definition) is 6. The predicted molar refractivity (Wildman–Crippen MR) is 129 cm³/mol. The molecule has 0 heterocycles. The van der Waals surface area contributed by atoms with Gasteiger partial charge >= 0.3 is 5.69 Å². The maximum absolute atomic E-state index is 13.3. The second-order valence-corrected chi connectivity index (χ2v) is 8.13. The first-order valence-electron chi connectivity index (χ1n) is 11.3. The average molecular weight is 472 g/mol. The lowest BCUT2D eigenvalue weighted by Gasteiger charge is -2.31. The highest BCUT2D eigenvalue weighted by atomic mass is 16.6. The summed E-state index contributed by atoms with van der Waals surface area (Å²) < 4.78 is 10.7.